The lowest BCUT2D eigenvalue weighted by Gasteiger charge is -2.34. The van der Waals surface area contributed by atoms with Gasteiger partial charge >= 0.3 is 12.1 Å². The Kier molecular flexibility index (Phi) is 9.86. The molecule has 2 heterocycles. The number of carbonyl (C=O) groups is 3. The van der Waals surface area contributed by atoms with Gasteiger partial charge in [0.05, 0.1) is 25.6 Å². The second kappa shape index (κ2) is 13.6. The molecule has 0 aliphatic carbocycles. The van der Waals surface area contributed by atoms with Crippen molar-refractivity contribution in [3.05, 3.63) is 65.3 Å². The minimum Gasteiger partial charge on any atom is -0.488 e. The summed E-state index contributed by atoms with van der Waals surface area (Å²) in [6.07, 6.45) is -0.560. The number of aryl methyl sites for hydroxylation is 2. The van der Waals surface area contributed by atoms with Gasteiger partial charge in [-0.3, -0.25) is 4.79 Å². The van der Waals surface area contributed by atoms with Crippen LogP contribution in [0.15, 0.2) is 47.0 Å². The first-order valence-electron chi connectivity index (χ1n) is 13.9. The third-order valence-corrected chi connectivity index (χ3v) is 7.34. The average molecular weight is 597 g/mol. The van der Waals surface area contributed by atoms with E-state index in [-0.39, 0.29) is 37.4 Å². The molecule has 3 atom stereocenters. The highest BCUT2D eigenvalue weighted by molar-refractivity contribution is 6.00. The van der Waals surface area contributed by atoms with Crippen LogP contribution in [0.5, 0.6) is 5.75 Å². The zero-order chi connectivity index (χ0) is 31.3. The Morgan fingerprint density at radius 1 is 1.14 bits per heavy atom. The zero-order valence-corrected chi connectivity index (χ0v) is 24.8. The molecule has 4 rings (SSSR count). The van der Waals surface area contributed by atoms with E-state index < -0.39 is 24.0 Å². The maximum Gasteiger partial charge on any atom is 0.323 e. The monoisotopic (exact) mass is 596 g/mol. The molecule has 0 fully saturated rings. The van der Waals surface area contributed by atoms with Crippen LogP contribution in [-0.4, -0.2) is 76.9 Å². The number of aliphatic hydroxyl groups is 1. The number of anilines is 3. The standard InChI is InChI=1S/C30H37FN6O6/c1-17-14-37(18(2)16-38)27(39)13-21-12-24(33-29(40)32-23-8-6-22(31)7-9-23)10-11-25(21)42-26(17)15-36(5)30(41)34-28-19(3)35-43-20(28)4/h6-12,17-18,26,38H,13-16H2,1-5H3,(H,34,41)(H2,32,33,40)/t17-,18-,26+/m0/s1. The molecule has 1 aliphatic heterocycles. The van der Waals surface area contributed by atoms with Crippen LogP contribution >= 0.6 is 0 Å². The van der Waals surface area contributed by atoms with Crippen molar-refractivity contribution in [2.24, 2.45) is 5.92 Å². The summed E-state index contributed by atoms with van der Waals surface area (Å²) in [4.78, 5) is 42.2. The molecule has 43 heavy (non-hydrogen) atoms. The van der Waals surface area contributed by atoms with Crippen LogP contribution in [0.3, 0.4) is 0 Å². The van der Waals surface area contributed by atoms with Crippen molar-refractivity contribution >= 4 is 35.0 Å². The fourth-order valence-corrected chi connectivity index (χ4v) is 4.77. The molecular weight excluding hydrogens is 559 g/mol. The lowest BCUT2D eigenvalue weighted by molar-refractivity contribution is -0.134. The maximum absolute atomic E-state index is 13.4. The van der Waals surface area contributed by atoms with Crippen molar-refractivity contribution in [2.75, 3.05) is 42.7 Å². The van der Waals surface area contributed by atoms with Gasteiger partial charge < -0.3 is 40.1 Å². The highest BCUT2D eigenvalue weighted by Gasteiger charge is 2.32. The van der Waals surface area contributed by atoms with Crippen molar-refractivity contribution in [3.8, 4) is 5.75 Å². The number of hydrogen-bond donors (Lipinski definition) is 4. The summed E-state index contributed by atoms with van der Waals surface area (Å²) in [6.45, 7) is 7.39. The number of urea groups is 2. The summed E-state index contributed by atoms with van der Waals surface area (Å²) in [7, 11) is 1.64. The lowest BCUT2D eigenvalue weighted by atomic mass is 10.0. The van der Waals surface area contributed by atoms with Crippen molar-refractivity contribution in [1.82, 2.24) is 15.0 Å². The topological polar surface area (TPSA) is 149 Å². The van der Waals surface area contributed by atoms with E-state index in [4.69, 9.17) is 9.26 Å². The van der Waals surface area contributed by atoms with Crippen molar-refractivity contribution in [1.29, 1.82) is 0 Å². The average Bonchev–Trinajstić information content (AvgIpc) is 3.30. The summed E-state index contributed by atoms with van der Waals surface area (Å²) >= 11 is 0. The van der Waals surface area contributed by atoms with Gasteiger partial charge in [-0.25, -0.2) is 14.0 Å². The number of halogens is 1. The second-order valence-electron chi connectivity index (χ2n) is 10.8. The quantitative estimate of drug-likeness (QED) is 0.316. The highest BCUT2D eigenvalue weighted by Crippen LogP contribution is 2.29. The molecular formula is C30H37FN6O6. The third kappa shape index (κ3) is 7.80. The fraction of sp³-hybridized carbons (Fsp3) is 0.400. The largest absolute Gasteiger partial charge is 0.488 e. The third-order valence-electron chi connectivity index (χ3n) is 7.34. The number of fused-ring (bicyclic) bond motifs is 1. The summed E-state index contributed by atoms with van der Waals surface area (Å²) < 4.78 is 24.8. The lowest BCUT2D eigenvalue weighted by Crippen LogP contribution is -2.48. The molecule has 0 bridgehead atoms. The molecule has 2 aromatic carbocycles. The number of rotatable bonds is 7. The molecule has 1 aliphatic rings. The van der Waals surface area contributed by atoms with Crippen LogP contribution in [0, 0.1) is 25.6 Å². The Morgan fingerprint density at radius 3 is 2.47 bits per heavy atom. The van der Waals surface area contributed by atoms with Crippen molar-refractivity contribution in [2.45, 2.75) is 46.3 Å². The first kappa shape index (κ1) is 31.3. The molecule has 0 spiro atoms. The smallest absolute Gasteiger partial charge is 0.323 e. The SMILES string of the molecule is Cc1noc(C)c1NC(=O)N(C)C[C@H]1Oc2ccc(NC(=O)Nc3ccc(F)cc3)cc2CC(=O)N([C@@H](C)CO)C[C@@H]1C. The Morgan fingerprint density at radius 2 is 1.81 bits per heavy atom. The summed E-state index contributed by atoms with van der Waals surface area (Å²) in [5.74, 6) is 0.0716. The Labute approximate surface area is 249 Å². The Hall–Kier alpha value is -4.65. The van der Waals surface area contributed by atoms with Gasteiger partial charge in [0.1, 0.15) is 29.1 Å². The number of amides is 5. The van der Waals surface area contributed by atoms with Gasteiger partial charge in [-0.15, -0.1) is 0 Å². The van der Waals surface area contributed by atoms with E-state index in [1.54, 1.807) is 50.9 Å². The number of ether oxygens (including phenoxy) is 1. The molecule has 230 valence electrons. The summed E-state index contributed by atoms with van der Waals surface area (Å²) in [5.41, 5.74) is 2.41. The molecule has 0 radical (unpaired) electrons. The molecule has 1 aromatic heterocycles. The van der Waals surface area contributed by atoms with E-state index >= 15 is 0 Å². The number of nitrogens with one attached hydrogen (secondary N) is 3. The number of aromatic nitrogens is 1. The minimum atomic E-state index is -0.546. The summed E-state index contributed by atoms with van der Waals surface area (Å²) in [5, 5.41) is 21.9. The minimum absolute atomic E-state index is 0.0312. The Balaban J connectivity index is 1.56. The van der Waals surface area contributed by atoms with E-state index in [9.17, 15) is 23.9 Å². The molecule has 5 amide bonds. The number of likely N-dealkylation sites (N-methyl/N-ethyl adjacent to an activating group) is 1. The van der Waals surface area contributed by atoms with E-state index in [0.717, 1.165) is 0 Å². The predicted molar refractivity (Wildman–Crippen MR) is 159 cm³/mol. The maximum atomic E-state index is 13.4. The summed E-state index contributed by atoms with van der Waals surface area (Å²) in [6, 6.07) is 8.96. The van der Waals surface area contributed by atoms with E-state index in [2.05, 4.69) is 21.1 Å². The molecule has 4 N–H and O–H groups in total. The fourth-order valence-electron chi connectivity index (χ4n) is 4.77. The van der Waals surface area contributed by atoms with E-state index in [0.29, 0.717) is 46.4 Å². The van der Waals surface area contributed by atoms with Crippen LogP contribution in [0.25, 0.3) is 0 Å². The van der Waals surface area contributed by atoms with Crippen LogP contribution in [0.4, 0.5) is 31.0 Å². The first-order chi connectivity index (χ1) is 20.4. The number of aliphatic hydroxyl groups excluding tert-OH is 1. The van der Waals surface area contributed by atoms with Crippen LogP contribution in [0.1, 0.15) is 30.9 Å². The van der Waals surface area contributed by atoms with Crippen LogP contribution in [-0.2, 0) is 11.2 Å². The van der Waals surface area contributed by atoms with Gasteiger partial charge in [-0.1, -0.05) is 12.1 Å². The van der Waals surface area contributed by atoms with Crippen molar-refractivity contribution < 1.29 is 33.1 Å². The zero-order valence-electron chi connectivity index (χ0n) is 24.8. The van der Waals surface area contributed by atoms with Gasteiger partial charge in [0.2, 0.25) is 5.91 Å². The number of nitrogens with zero attached hydrogens (tertiary/aromatic N) is 3. The van der Waals surface area contributed by atoms with Crippen LogP contribution in [0.2, 0.25) is 0 Å². The molecule has 0 unspecified atom stereocenters. The van der Waals surface area contributed by atoms with Gasteiger partial charge in [0.15, 0.2) is 5.76 Å². The van der Waals surface area contributed by atoms with Gasteiger partial charge in [0, 0.05) is 36.4 Å². The van der Waals surface area contributed by atoms with E-state index in [1.807, 2.05) is 6.92 Å². The predicted octanol–water partition coefficient (Wildman–Crippen LogP) is 4.39. The van der Waals surface area contributed by atoms with E-state index in [1.165, 1.54) is 29.2 Å². The number of benzene rings is 2. The van der Waals surface area contributed by atoms with Crippen molar-refractivity contribution in [3.63, 3.8) is 0 Å². The first-order valence-corrected chi connectivity index (χ1v) is 13.9. The molecule has 0 saturated heterocycles. The molecule has 3 aromatic rings. The second-order valence-corrected chi connectivity index (χ2v) is 10.8. The Bertz CT molecular complexity index is 1440. The van der Waals surface area contributed by atoms with Gasteiger partial charge in [-0.05, 0) is 63.2 Å². The highest BCUT2D eigenvalue weighted by atomic mass is 19.1. The molecule has 13 heteroatoms. The van der Waals surface area contributed by atoms with Gasteiger partial charge in [0.25, 0.3) is 0 Å². The number of hydrogen-bond acceptors (Lipinski definition) is 7. The molecule has 0 saturated carbocycles. The molecule has 12 nitrogen and oxygen atoms in total. The van der Waals surface area contributed by atoms with Gasteiger partial charge in [-0.2, -0.15) is 0 Å². The van der Waals surface area contributed by atoms with Crippen LogP contribution < -0.4 is 20.7 Å². The number of carbonyl (C=O) groups excluding carboxylic acids is 3. The normalized spacial score (nSPS) is 17.5.